The van der Waals surface area contributed by atoms with Crippen LogP contribution in [0.15, 0.2) is 73.0 Å². The Morgan fingerprint density at radius 1 is 0.640 bits per heavy atom. The van der Waals surface area contributed by atoms with Gasteiger partial charge in [-0.1, -0.05) is 35.4 Å². The van der Waals surface area contributed by atoms with Gasteiger partial charge in [0.2, 0.25) is 29.7 Å². The van der Waals surface area contributed by atoms with Gasteiger partial charge in [0, 0.05) is 0 Å². The number of benzene rings is 2. The van der Waals surface area contributed by atoms with E-state index in [1.165, 1.54) is 24.3 Å². The van der Waals surface area contributed by atoms with Gasteiger partial charge in [-0.2, -0.15) is 0 Å². The largest absolute Gasteiger partial charge is 0.243 e. The summed E-state index contributed by atoms with van der Waals surface area (Å²) in [5, 5.41) is 5.24. The number of hydrogen-bond acceptors (Lipinski definition) is 7. The SMILES string of the molecule is Cc1ccc(S(=O)(=O)c2nonc2S(=O)(=O)c2ccc(C)cc2)cc1. The van der Waals surface area contributed by atoms with E-state index in [-0.39, 0.29) is 9.79 Å². The molecule has 0 aliphatic rings. The fraction of sp³-hybridized carbons (Fsp3) is 0.125. The van der Waals surface area contributed by atoms with Crippen LogP contribution in [0.2, 0.25) is 0 Å². The van der Waals surface area contributed by atoms with Crippen LogP contribution in [0.4, 0.5) is 0 Å². The molecule has 0 saturated carbocycles. The standard InChI is InChI=1S/C16H14N2O5S2/c1-11-3-7-13(8-4-11)24(19,20)15-16(18-23-17-15)25(21,22)14-9-5-12(2)6-10-14/h3-10H,1-2H3. The molecule has 0 aliphatic heterocycles. The Morgan fingerprint density at radius 2 is 0.960 bits per heavy atom. The normalized spacial score (nSPS) is 12.2. The van der Waals surface area contributed by atoms with Crippen LogP contribution in [0.25, 0.3) is 0 Å². The van der Waals surface area contributed by atoms with Gasteiger partial charge >= 0.3 is 0 Å². The first kappa shape index (κ1) is 17.3. The summed E-state index contributed by atoms with van der Waals surface area (Å²) in [5.74, 6) is 0. The number of sulfone groups is 2. The van der Waals surface area contributed by atoms with E-state index >= 15 is 0 Å². The first-order valence-electron chi connectivity index (χ1n) is 7.19. The lowest BCUT2D eigenvalue weighted by atomic mass is 10.2. The second kappa shape index (κ2) is 6.08. The molecule has 0 unspecified atom stereocenters. The molecule has 0 amide bonds. The van der Waals surface area contributed by atoms with Crippen molar-refractivity contribution in [1.82, 2.24) is 10.3 Å². The highest BCUT2D eigenvalue weighted by Gasteiger charge is 2.35. The Bertz CT molecular complexity index is 1020. The highest BCUT2D eigenvalue weighted by Crippen LogP contribution is 2.28. The second-order valence-electron chi connectivity index (χ2n) is 5.51. The van der Waals surface area contributed by atoms with Gasteiger partial charge in [-0.25, -0.2) is 21.5 Å². The summed E-state index contributed by atoms with van der Waals surface area (Å²) >= 11 is 0. The minimum atomic E-state index is -4.19. The summed E-state index contributed by atoms with van der Waals surface area (Å²) in [6, 6.07) is 11.9. The minimum Gasteiger partial charge on any atom is -0.242 e. The van der Waals surface area contributed by atoms with Crippen LogP contribution in [0.5, 0.6) is 0 Å². The smallest absolute Gasteiger partial charge is 0.242 e. The molecule has 3 rings (SSSR count). The van der Waals surface area contributed by atoms with E-state index in [0.29, 0.717) is 0 Å². The highest BCUT2D eigenvalue weighted by atomic mass is 32.2. The lowest BCUT2D eigenvalue weighted by Gasteiger charge is -2.05. The molecule has 0 saturated heterocycles. The van der Waals surface area contributed by atoms with Gasteiger partial charge in [-0.3, -0.25) is 0 Å². The number of rotatable bonds is 4. The summed E-state index contributed by atoms with van der Waals surface area (Å²) in [6.45, 7) is 3.61. The molecule has 0 bridgehead atoms. The van der Waals surface area contributed by atoms with E-state index in [9.17, 15) is 16.8 Å². The molecule has 1 aromatic heterocycles. The summed E-state index contributed by atoms with van der Waals surface area (Å²) in [7, 11) is -8.38. The maximum Gasteiger partial charge on any atom is 0.243 e. The molecule has 0 aliphatic carbocycles. The first-order chi connectivity index (χ1) is 11.7. The first-order valence-corrected chi connectivity index (χ1v) is 10.2. The van der Waals surface area contributed by atoms with Gasteiger partial charge in [-0.05, 0) is 48.4 Å². The Kier molecular flexibility index (Phi) is 4.21. The van der Waals surface area contributed by atoms with Crippen LogP contribution in [-0.4, -0.2) is 27.1 Å². The lowest BCUT2D eigenvalue weighted by Crippen LogP contribution is -2.11. The van der Waals surface area contributed by atoms with Crippen molar-refractivity contribution in [2.45, 2.75) is 33.7 Å². The summed E-state index contributed by atoms with van der Waals surface area (Å²) in [4.78, 5) is -0.177. The molecule has 0 N–H and O–H groups in total. The molecule has 0 atom stereocenters. The van der Waals surface area contributed by atoms with Gasteiger partial charge < -0.3 is 0 Å². The minimum absolute atomic E-state index is 0.0887. The third-order valence-corrected chi connectivity index (χ3v) is 7.07. The van der Waals surface area contributed by atoms with Crippen molar-refractivity contribution in [1.29, 1.82) is 0 Å². The summed E-state index contributed by atoms with van der Waals surface area (Å²) in [6.07, 6.45) is 0. The predicted octanol–water partition coefficient (Wildman–Crippen LogP) is 2.35. The van der Waals surface area contributed by atoms with Crippen molar-refractivity contribution in [2.24, 2.45) is 0 Å². The van der Waals surface area contributed by atoms with Gasteiger partial charge in [0.1, 0.15) is 0 Å². The maximum absolute atomic E-state index is 12.7. The number of hydrogen-bond donors (Lipinski definition) is 0. The molecule has 7 nitrogen and oxygen atoms in total. The average molecular weight is 378 g/mol. The zero-order valence-corrected chi connectivity index (χ0v) is 15.0. The summed E-state index contributed by atoms with van der Waals surface area (Å²) < 4.78 is 55.4. The Balaban J connectivity index is 2.15. The lowest BCUT2D eigenvalue weighted by molar-refractivity contribution is 0.291. The van der Waals surface area contributed by atoms with Gasteiger partial charge in [-0.15, -0.1) is 0 Å². The van der Waals surface area contributed by atoms with Gasteiger partial charge in [0.25, 0.3) is 0 Å². The van der Waals surface area contributed by atoms with Crippen molar-refractivity contribution in [2.75, 3.05) is 0 Å². The van der Waals surface area contributed by atoms with Crippen molar-refractivity contribution in [3.8, 4) is 0 Å². The molecule has 0 radical (unpaired) electrons. The Labute approximate surface area is 145 Å². The van der Waals surface area contributed by atoms with Crippen molar-refractivity contribution in [3.63, 3.8) is 0 Å². The Hall–Kier alpha value is -2.52. The van der Waals surface area contributed by atoms with Crippen LogP contribution < -0.4 is 0 Å². The number of aryl methyl sites for hydroxylation is 2. The van der Waals surface area contributed by atoms with Crippen molar-refractivity contribution < 1.29 is 21.5 Å². The highest BCUT2D eigenvalue weighted by molar-refractivity contribution is 7.94. The molecule has 130 valence electrons. The predicted molar refractivity (Wildman–Crippen MR) is 87.6 cm³/mol. The van der Waals surface area contributed by atoms with Crippen molar-refractivity contribution in [3.05, 3.63) is 59.7 Å². The van der Waals surface area contributed by atoms with Crippen LogP contribution in [0, 0.1) is 13.8 Å². The molecule has 0 spiro atoms. The van der Waals surface area contributed by atoms with Crippen LogP contribution in [-0.2, 0) is 19.7 Å². The molecule has 0 fully saturated rings. The fourth-order valence-corrected chi connectivity index (χ4v) is 5.05. The van der Waals surface area contributed by atoms with Crippen LogP contribution in [0.1, 0.15) is 11.1 Å². The summed E-state index contributed by atoms with van der Waals surface area (Å²) in [5.41, 5.74) is 1.73. The third-order valence-electron chi connectivity index (χ3n) is 3.60. The molecular weight excluding hydrogens is 364 g/mol. The molecule has 1 heterocycles. The van der Waals surface area contributed by atoms with E-state index in [2.05, 4.69) is 14.9 Å². The van der Waals surface area contributed by atoms with Crippen LogP contribution in [0.3, 0.4) is 0 Å². The zero-order valence-electron chi connectivity index (χ0n) is 13.4. The Morgan fingerprint density at radius 3 is 1.28 bits per heavy atom. The van der Waals surface area contributed by atoms with E-state index in [1.807, 2.05) is 0 Å². The number of nitrogens with zero attached hydrogens (tertiary/aromatic N) is 2. The fourth-order valence-electron chi connectivity index (χ4n) is 2.16. The maximum atomic E-state index is 12.7. The van der Waals surface area contributed by atoms with E-state index < -0.39 is 29.7 Å². The zero-order chi connectivity index (χ0) is 18.2. The van der Waals surface area contributed by atoms with Crippen molar-refractivity contribution >= 4 is 19.7 Å². The topological polar surface area (TPSA) is 107 Å². The molecule has 3 aromatic rings. The van der Waals surface area contributed by atoms with E-state index in [0.717, 1.165) is 11.1 Å². The van der Waals surface area contributed by atoms with Gasteiger partial charge in [0.15, 0.2) is 0 Å². The van der Waals surface area contributed by atoms with Crippen LogP contribution >= 0.6 is 0 Å². The second-order valence-corrected chi connectivity index (χ2v) is 9.24. The molecule has 25 heavy (non-hydrogen) atoms. The molecule has 2 aromatic carbocycles. The van der Waals surface area contributed by atoms with E-state index in [4.69, 9.17) is 0 Å². The molecule has 9 heteroatoms. The van der Waals surface area contributed by atoms with E-state index in [1.54, 1.807) is 38.1 Å². The number of aromatic nitrogens is 2. The van der Waals surface area contributed by atoms with Gasteiger partial charge in [0.05, 0.1) is 9.79 Å². The third kappa shape index (κ3) is 3.08. The monoisotopic (exact) mass is 378 g/mol. The molecular formula is C16H14N2O5S2. The average Bonchev–Trinajstić information content (AvgIpc) is 3.07. The quantitative estimate of drug-likeness (QED) is 0.686.